The average molecular weight is 460 g/mol. The van der Waals surface area contributed by atoms with Crippen molar-refractivity contribution in [2.45, 2.75) is 39.3 Å². The van der Waals surface area contributed by atoms with Crippen molar-refractivity contribution in [3.05, 3.63) is 83.1 Å². The van der Waals surface area contributed by atoms with Crippen molar-refractivity contribution in [1.82, 2.24) is 15.4 Å². The fourth-order valence-electron chi connectivity index (χ4n) is 4.60. The molecule has 1 aliphatic heterocycles. The lowest BCUT2D eigenvalue weighted by Gasteiger charge is -2.26. The van der Waals surface area contributed by atoms with Crippen LogP contribution in [-0.2, 0) is 6.61 Å². The number of nitrogens with zero attached hydrogens (tertiary/aromatic N) is 2. The summed E-state index contributed by atoms with van der Waals surface area (Å²) in [5.41, 5.74) is 2.19. The third-order valence-electron chi connectivity index (χ3n) is 6.55. The molecule has 0 aliphatic carbocycles. The minimum Gasteiger partial charge on any atom is -0.488 e. The van der Waals surface area contributed by atoms with Crippen LogP contribution in [0.5, 0.6) is 5.75 Å². The van der Waals surface area contributed by atoms with E-state index < -0.39 is 0 Å². The van der Waals surface area contributed by atoms with Crippen LogP contribution < -0.4 is 10.1 Å². The van der Waals surface area contributed by atoms with Crippen molar-refractivity contribution < 1.29 is 18.5 Å². The lowest BCUT2D eigenvalue weighted by molar-refractivity contribution is 0.0929. The minimum absolute atomic E-state index is 0.00794. The minimum atomic E-state index is -0.171. The summed E-state index contributed by atoms with van der Waals surface area (Å²) >= 11 is 0. The molecule has 2 aromatic heterocycles. The molecule has 4 aromatic rings. The Balaban J connectivity index is 1.39. The molecule has 1 amide bonds. The van der Waals surface area contributed by atoms with Gasteiger partial charge in [-0.05, 0) is 74.8 Å². The maximum Gasteiger partial charge on any atom is 0.255 e. The molecule has 3 heterocycles. The molecule has 0 saturated carbocycles. The monoisotopic (exact) mass is 459 g/mol. The van der Waals surface area contributed by atoms with Gasteiger partial charge in [0, 0.05) is 6.54 Å². The molecule has 1 atom stereocenters. The first-order valence-corrected chi connectivity index (χ1v) is 11.7. The normalized spacial score (nSPS) is 15.0. The van der Waals surface area contributed by atoms with E-state index in [1.807, 2.05) is 62.4 Å². The summed E-state index contributed by atoms with van der Waals surface area (Å²) in [5, 5.41) is 9.13. The molecule has 2 aromatic carbocycles. The SMILES string of the molecule is Cc1noc(C)c1COc1cc2ccccc2cc1C(=O)NC[C@H](c1ccco1)N1CCCC1. The second-order valence-corrected chi connectivity index (χ2v) is 8.77. The van der Waals surface area contributed by atoms with E-state index in [1.54, 1.807) is 6.26 Å². The molecule has 0 radical (unpaired) electrons. The van der Waals surface area contributed by atoms with Crippen molar-refractivity contribution in [3.63, 3.8) is 0 Å². The highest BCUT2D eigenvalue weighted by molar-refractivity contribution is 6.01. The molecule has 1 saturated heterocycles. The number of aryl methyl sites for hydroxylation is 2. The van der Waals surface area contributed by atoms with Crippen molar-refractivity contribution in [3.8, 4) is 5.75 Å². The second kappa shape index (κ2) is 9.73. The lowest BCUT2D eigenvalue weighted by atomic mass is 10.0. The summed E-state index contributed by atoms with van der Waals surface area (Å²) < 4.78 is 17.1. The average Bonchev–Trinajstić information content (AvgIpc) is 3.62. The van der Waals surface area contributed by atoms with E-state index in [4.69, 9.17) is 13.7 Å². The Morgan fingerprint density at radius 1 is 1.12 bits per heavy atom. The van der Waals surface area contributed by atoms with Gasteiger partial charge in [0.25, 0.3) is 5.91 Å². The van der Waals surface area contributed by atoms with E-state index in [0.717, 1.165) is 59.5 Å². The molecule has 1 N–H and O–H groups in total. The zero-order valence-electron chi connectivity index (χ0n) is 19.5. The highest BCUT2D eigenvalue weighted by atomic mass is 16.5. The largest absolute Gasteiger partial charge is 0.488 e. The summed E-state index contributed by atoms with van der Waals surface area (Å²) in [6.07, 6.45) is 4.01. The maximum absolute atomic E-state index is 13.4. The number of carbonyl (C=O) groups excluding carboxylic acids is 1. The van der Waals surface area contributed by atoms with E-state index >= 15 is 0 Å². The predicted molar refractivity (Wildman–Crippen MR) is 129 cm³/mol. The Kier molecular flexibility index (Phi) is 6.36. The van der Waals surface area contributed by atoms with Crippen molar-refractivity contribution in [2.24, 2.45) is 0 Å². The fraction of sp³-hybridized carbons (Fsp3) is 0.333. The number of aromatic nitrogens is 1. The molecule has 7 heteroatoms. The number of fused-ring (bicyclic) bond motifs is 1. The van der Waals surface area contributed by atoms with Gasteiger partial charge in [-0.3, -0.25) is 9.69 Å². The molecule has 0 unspecified atom stereocenters. The molecule has 0 spiro atoms. The smallest absolute Gasteiger partial charge is 0.255 e. The molecule has 34 heavy (non-hydrogen) atoms. The maximum atomic E-state index is 13.4. The van der Waals surface area contributed by atoms with Crippen molar-refractivity contribution >= 4 is 16.7 Å². The van der Waals surface area contributed by atoms with Crippen LogP contribution in [0.3, 0.4) is 0 Å². The summed E-state index contributed by atoms with van der Waals surface area (Å²) in [4.78, 5) is 15.8. The van der Waals surface area contributed by atoms with Gasteiger partial charge in [0.1, 0.15) is 23.9 Å². The van der Waals surface area contributed by atoms with Crippen molar-refractivity contribution in [2.75, 3.05) is 19.6 Å². The molecule has 176 valence electrons. The Morgan fingerprint density at radius 2 is 1.88 bits per heavy atom. The van der Waals surface area contributed by atoms with Gasteiger partial charge < -0.3 is 19.0 Å². The molecular formula is C27H29N3O4. The number of furan rings is 1. The number of hydrogen-bond donors (Lipinski definition) is 1. The first kappa shape index (κ1) is 22.2. The zero-order valence-corrected chi connectivity index (χ0v) is 19.5. The van der Waals surface area contributed by atoms with E-state index in [2.05, 4.69) is 15.4 Å². The third kappa shape index (κ3) is 4.56. The molecule has 5 rings (SSSR count). The lowest BCUT2D eigenvalue weighted by Crippen LogP contribution is -2.36. The van der Waals surface area contributed by atoms with Crippen molar-refractivity contribution in [1.29, 1.82) is 0 Å². The van der Waals surface area contributed by atoms with Crippen LogP contribution >= 0.6 is 0 Å². The van der Waals surface area contributed by atoms with E-state index in [0.29, 0.717) is 17.9 Å². The van der Waals surface area contributed by atoms with Crippen LogP contribution in [0, 0.1) is 13.8 Å². The third-order valence-corrected chi connectivity index (χ3v) is 6.55. The van der Waals surface area contributed by atoms with E-state index in [-0.39, 0.29) is 18.6 Å². The Bertz CT molecular complexity index is 1250. The Hall–Kier alpha value is -3.58. The van der Waals surface area contributed by atoms with Crippen LogP contribution in [-0.4, -0.2) is 35.6 Å². The quantitative estimate of drug-likeness (QED) is 0.391. The number of carbonyl (C=O) groups is 1. The number of hydrogen-bond acceptors (Lipinski definition) is 6. The summed E-state index contributed by atoms with van der Waals surface area (Å²) in [6, 6.07) is 15.7. The van der Waals surface area contributed by atoms with Gasteiger partial charge in [0.05, 0.1) is 29.1 Å². The predicted octanol–water partition coefficient (Wildman–Crippen LogP) is 5.18. The molecule has 1 fully saturated rings. The highest BCUT2D eigenvalue weighted by Crippen LogP contribution is 2.29. The van der Waals surface area contributed by atoms with Crippen LogP contribution in [0.4, 0.5) is 0 Å². The van der Waals surface area contributed by atoms with Crippen LogP contribution in [0.25, 0.3) is 10.8 Å². The Labute approximate surface area is 198 Å². The molecule has 1 aliphatic rings. The number of likely N-dealkylation sites (tertiary alicyclic amines) is 1. The molecule has 0 bridgehead atoms. The number of amides is 1. The van der Waals surface area contributed by atoms with Gasteiger partial charge in [-0.15, -0.1) is 0 Å². The van der Waals surface area contributed by atoms with Crippen LogP contribution in [0.1, 0.15) is 52.0 Å². The number of nitrogens with one attached hydrogen (secondary N) is 1. The van der Waals surface area contributed by atoms with E-state index in [9.17, 15) is 4.79 Å². The zero-order chi connectivity index (χ0) is 23.5. The molecule has 7 nitrogen and oxygen atoms in total. The first-order valence-electron chi connectivity index (χ1n) is 11.7. The van der Waals surface area contributed by atoms with Crippen LogP contribution in [0.2, 0.25) is 0 Å². The van der Waals surface area contributed by atoms with Gasteiger partial charge in [-0.1, -0.05) is 29.4 Å². The first-order chi connectivity index (χ1) is 16.6. The summed E-state index contributed by atoms with van der Waals surface area (Å²) in [7, 11) is 0. The van der Waals surface area contributed by atoms with Gasteiger partial charge in [0.2, 0.25) is 0 Å². The topological polar surface area (TPSA) is 80.7 Å². The van der Waals surface area contributed by atoms with Gasteiger partial charge in [0.15, 0.2) is 0 Å². The standard InChI is InChI=1S/C27H29N3O4/c1-18-23(19(2)34-29-18)17-33-26-15-21-9-4-3-8-20(21)14-22(26)27(31)28-16-24(25-10-7-13-32-25)30-11-5-6-12-30/h3-4,7-10,13-15,24H,5-6,11-12,16-17H2,1-2H3,(H,28,31)/t24-/m1/s1. The number of rotatable bonds is 8. The van der Waals surface area contributed by atoms with E-state index in [1.165, 1.54) is 0 Å². The van der Waals surface area contributed by atoms with Crippen LogP contribution in [0.15, 0.2) is 63.7 Å². The van der Waals surface area contributed by atoms with Gasteiger partial charge in [-0.25, -0.2) is 0 Å². The van der Waals surface area contributed by atoms with Gasteiger partial charge >= 0.3 is 0 Å². The number of benzene rings is 2. The second-order valence-electron chi connectivity index (χ2n) is 8.77. The Morgan fingerprint density at radius 3 is 2.56 bits per heavy atom. The van der Waals surface area contributed by atoms with Gasteiger partial charge in [-0.2, -0.15) is 0 Å². The summed E-state index contributed by atoms with van der Waals surface area (Å²) in [6.45, 7) is 6.49. The fourth-order valence-corrected chi connectivity index (χ4v) is 4.60. The summed E-state index contributed by atoms with van der Waals surface area (Å²) in [5.74, 6) is 1.95. The highest BCUT2D eigenvalue weighted by Gasteiger charge is 2.26. The molecular weight excluding hydrogens is 430 g/mol. The number of ether oxygens (including phenoxy) is 1.